The Kier molecular flexibility index (Phi) is 5.38. The molecule has 1 heterocycles. The molecule has 0 spiro atoms. The largest absolute Gasteiger partial charge is 0.378 e. The second kappa shape index (κ2) is 7.68. The molecule has 3 nitrogen and oxygen atoms in total. The van der Waals surface area contributed by atoms with Crippen LogP contribution in [0.15, 0.2) is 63.3 Å². The Bertz CT molecular complexity index is 639. The van der Waals surface area contributed by atoms with Gasteiger partial charge < -0.3 is 9.64 Å². The minimum atomic E-state index is 0.753. The van der Waals surface area contributed by atoms with Crippen molar-refractivity contribution in [3.63, 3.8) is 0 Å². The molecule has 1 aliphatic rings. The van der Waals surface area contributed by atoms with Crippen LogP contribution < -0.4 is 0 Å². The summed E-state index contributed by atoms with van der Waals surface area (Å²) < 4.78 is 5.35. The zero-order chi connectivity index (χ0) is 15.2. The molecular weight excluding hydrogens is 316 g/mol. The fraction of sp³-hybridized carbons (Fsp3) is 0.235. The van der Waals surface area contributed by atoms with Gasteiger partial charge >= 0.3 is 0 Å². The van der Waals surface area contributed by atoms with E-state index in [4.69, 9.17) is 16.3 Å². The van der Waals surface area contributed by atoms with Crippen molar-refractivity contribution in [3.05, 3.63) is 53.6 Å². The monoisotopic (exact) mass is 332 g/mol. The normalized spacial score (nSPS) is 15.4. The van der Waals surface area contributed by atoms with E-state index in [9.17, 15) is 0 Å². The zero-order valence-electron chi connectivity index (χ0n) is 12.1. The van der Waals surface area contributed by atoms with Crippen molar-refractivity contribution in [1.29, 1.82) is 0 Å². The van der Waals surface area contributed by atoms with Gasteiger partial charge in [0, 0.05) is 27.9 Å². The van der Waals surface area contributed by atoms with E-state index >= 15 is 0 Å². The van der Waals surface area contributed by atoms with Crippen LogP contribution in [-0.2, 0) is 4.74 Å². The second-order valence-electron chi connectivity index (χ2n) is 4.92. The minimum Gasteiger partial charge on any atom is -0.378 e. The Morgan fingerprint density at radius 2 is 1.77 bits per heavy atom. The van der Waals surface area contributed by atoms with Crippen LogP contribution in [0.5, 0.6) is 0 Å². The first kappa shape index (κ1) is 15.4. The molecule has 5 heteroatoms. The molecule has 3 rings (SSSR count). The van der Waals surface area contributed by atoms with Gasteiger partial charge in [-0.1, -0.05) is 35.5 Å². The van der Waals surface area contributed by atoms with Crippen molar-refractivity contribution >= 4 is 35.4 Å². The highest BCUT2D eigenvalue weighted by atomic mass is 35.5. The van der Waals surface area contributed by atoms with E-state index in [1.54, 1.807) is 11.8 Å². The molecule has 22 heavy (non-hydrogen) atoms. The molecule has 2 aromatic carbocycles. The van der Waals surface area contributed by atoms with Gasteiger partial charge in [-0.25, -0.2) is 4.99 Å². The summed E-state index contributed by atoms with van der Waals surface area (Å²) in [5.41, 5.74) is 0.981. The number of benzene rings is 2. The van der Waals surface area contributed by atoms with Crippen LogP contribution >= 0.6 is 23.4 Å². The molecule has 0 atom stereocenters. The van der Waals surface area contributed by atoms with Crippen LogP contribution in [-0.4, -0.2) is 37.5 Å². The molecule has 0 N–H and O–H groups in total. The summed E-state index contributed by atoms with van der Waals surface area (Å²) in [4.78, 5) is 9.11. The molecule has 1 saturated heterocycles. The molecule has 0 aliphatic carbocycles. The zero-order valence-corrected chi connectivity index (χ0v) is 13.7. The third-order valence-corrected chi connectivity index (χ3v) is 4.64. The average Bonchev–Trinajstić information content (AvgIpc) is 2.57. The maximum absolute atomic E-state index is 5.93. The smallest absolute Gasteiger partial charge is 0.0914 e. The number of nitrogens with zero attached hydrogens (tertiary/aromatic N) is 2. The van der Waals surface area contributed by atoms with Gasteiger partial charge in [0.15, 0.2) is 0 Å². The van der Waals surface area contributed by atoms with E-state index in [0.717, 1.165) is 46.8 Å². The summed E-state index contributed by atoms with van der Waals surface area (Å²) in [7, 11) is 0. The van der Waals surface area contributed by atoms with Crippen molar-refractivity contribution in [2.24, 2.45) is 4.99 Å². The molecule has 0 unspecified atom stereocenters. The molecule has 0 aromatic heterocycles. The maximum Gasteiger partial charge on any atom is 0.0914 e. The van der Waals surface area contributed by atoms with Crippen LogP contribution in [0.25, 0.3) is 0 Å². The lowest BCUT2D eigenvalue weighted by Crippen LogP contribution is -2.34. The maximum atomic E-state index is 5.93. The average molecular weight is 333 g/mol. The van der Waals surface area contributed by atoms with Crippen LogP contribution in [0.3, 0.4) is 0 Å². The third-order valence-electron chi connectivity index (χ3n) is 3.31. The van der Waals surface area contributed by atoms with E-state index in [1.165, 1.54) is 0 Å². The summed E-state index contributed by atoms with van der Waals surface area (Å²) >= 11 is 7.63. The predicted octanol–water partition coefficient (Wildman–Crippen LogP) is 4.48. The van der Waals surface area contributed by atoms with E-state index in [-0.39, 0.29) is 0 Å². The quantitative estimate of drug-likeness (QED) is 0.609. The Hall–Kier alpha value is -1.49. The van der Waals surface area contributed by atoms with E-state index in [2.05, 4.69) is 16.0 Å². The van der Waals surface area contributed by atoms with Gasteiger partial charge in [0.05, 0.1) is 25.2 Å². The fourth-order valence-corrected chi connectivity index (χ4v) is 3.14. The van der Waals surface area contributed by atoms with Gasteiger partial charge in [0.25, 0.3) is 0 Å². The molecule has 2 aromatic rings. The molecule has 1 fully saturated rings. The Labute approximate surface area is 140 Å². The predicted molar refractivity (Wildman–Crippen MR) is 92.6 cm³/mol. The van der Waals surface area contributed by atoms with Crippen molar-refractivity contribution < 1.29 is 4.74 Å². The molecule has 1 aliphatic heterocycles. The molecule has 114 valence electrons. The van der Waals surface area contributed by atoms with Gasteiger partial charge in [-0.3, -0.25) is 0 Å². The van der Waals surface area contributed by atoms with Gasteiger partial charge in [-0.2, -0.15) is 0 Å². The minimum absolute atomic E-state index is 0.753. The highest BCUT2D eigenvalue weighted by molar-refractivity contribution is 7.99. The molecule has 0 amide bonds. The third kappa shape index (κ3) is 4.26. The van der Waals surface area contributed by atoms with Crippen LogP contribution in [0.1, 0.15) is 0 Å². The van der Waals surface area contributed by atoms with E-state index < -0.39 is 0 Å². The van der Waals surface area contributed by atoms with Crippen LogP contribution in [0, 0.1) is 0 Å². The first-order valence-corrected chi connectivity index (χ1v) is 8.39. The summed E-state index contributed by atoms with van der Waals surface area (Å²) in [6.07, 6.45) is 1.92. The van der Waals surface area contributed by atoms with E-state index in [1.807, 2.05) is 48.8 Å². The van der Waals surface area contributed by atoms with Gasteiger partial charge in [-0.05, 0) is 36.4 Å². The lowest BCUT2D eigenvalue weighted by Gasteiger charge is -2.24. The first-order chi connectivity index (χ1) is 10.8. The Morgan fingerprint density at radius 1 is 1.05 bits per heavy atom. The van der Waals surface area contributed by atoms with Crippen molar-refractivity contribution in [3.8, 4) is 0 Å². The first-order valence-electron chi connectivity index (χ1n) is 7.20. The summed E-state index contributed by atoms with van der Waals surface area (Å²) in [5.74, 6) is 0. The van der Waals surface area contributed by atoms with Gasteiger partial charge in [0.2, 0.25) is 0 Å². The number of hydrogen-bond acceptors (Lipinski definition) is 3. The topological polar surface area (TPSA) is 24.8 Å². The number of hydrogen-bond donors (Lipinski definition) is 0. The number of rotatable bonds is 4. The van der Waals surface area contributed by atoms with Crippen molar-refractivity contribution in [2.75, 3.05) is 26.3 Å². The Balaban J connectivity index is 1.74. The van der Waals surface area contributed by atoms with Crippen molar-refractivity contribution in [2.45, 2.75) is 9.79 Å². The lowest BCUT2D eigenvalue weighted by molar-refractivity contribution is 0.0701. The SMILES string of the molecule is Clc1ccc(Sc2ccccc2N=CN2CCOCC2)cc1. The highest BCUT2D eigenvalue weighted by Gasteiger charge is 2.07. The molecule has 0 bridgehead atoms. The molecule has 0 radical (unpaired) electrons. The van der Waals surface area contributed by atoms with Crippen LogP contribution in [0.2, 0.25) is 5.02 Å². The highest BCUT2D eigenvalue weighted by Crippen LogP contribution is 2.35. The van der Waals surface area contributed by atoms with E-state index in [0.29, 0.717) is 0 Å². The second-order valence-corrected chi connectivity index (χ2v) is 6.47. The number of morpholine rings is 1. The molecular formula is C17H17ClN2OS. The summed E-state index contributed by atoms with van der Waals surface area (Å²) in [5, 5.41) is 0.753. The number of para-hydroxylation sites is 1. The number of ether oxygens (including phenoxy) is 1. The summed E-state index contributed by atoms with van der Waals surface area (Å²) in [6.45, 7) is 3.34. The van der Waals surface area contributed by atoms with Gasteiger partial charge in [-0.15, -0.1) is 0 Å². The van der Waals surface area contributed by atoms with Crippen molar-refractivity contribution in [1.82, 2.24) is 4.90 Å². The molecule has 0 saturated carbocycles. The fourth-order valence-electron chi connectivity index (χ4n) is 2.12. The number of aliphatic imine (C=N–C) groups is 1. The summed E-state index contributed by atoms with van der Waals surface area (Å²) in [6, 6.07) is 16.0. The van der Waals surface area contributed by atoms with Gasteiger partial charge in [0.1, 0.15) is 0 Å². The van der Waals surface area contributed by atoms with Crippen LogP contribution in [0.4, 0.5) is 5.69 Å². The standard InChI is InChI=1S/C17H17ClN2OS/c18-14-5-7-15(8-6-14)22-17-4-2-1-3-16(17)19-13-20-9-11-21-12-10-20/h1-8,13H,9-12H2. The lowest BCUT2D eigenvalue weighted by atomic mass is 10.3. The Morgan fingerprint density at radius 3 is 2.55 bits per heavy atom. The number of halogens is 1.